The molecule has 0 aliphatic heterocycles. The van der Waals surface area contributed by atoms with Crippen molar-refractivity contribution in [1.82, 2.24) is 0 Å². The molecule has 0 N–H and O–H groups in total. The second-order valence-corrected chi connectivity index (χ2v) is 3.65. The van der Waals surface area contributed by atoms with Crippen molar-refractivity contribution in [2.75, 3.05) is 0 Å². The highest BCUT2D eigenvalue weighted by Gasteiger charge is 2.15. The Kier molecular flexibility index (Phi) is 9.09. The lowest BCUT2D eigenvalue weighted by atomic mass is 9.82. The number of hydrogen-bond donors (Lipinski definition) is 0. The van der Waals surface area contributed by atoms with Gasteiger partial charge in [-0.2, -0.15) is 0 Å². The smallest absolute Gasteiger partial charge is 0.0414 e. The van der Waals surface area contributed by atoms with Gasteiger partial charge in [0.05, 0.1) is 0 Å². The van der Waals surface area contributed by atoms with Crippen LogP contribution in [0.4, 0.5) is 0 Å². The Morgan fingerprint density at radius 3 is 2.08 bits per heavy atom. The molecular weight excluding hydrogens is 144 g/mol. The molecule has 0 aromatic rings. The minimum Gasteiger partial charge on any atom is -0.0683 e. The van der Waals surface area contributed by atoms with Crippen molar-refractivity contribution in [3.05, 3.63) is 0 Å². The molecule has 1 rings (SSSR count). The molecule has 0 heteroatoms. The van der Waals surface area contributed by atoms with Crippen LogP contribution >= 0.6 is 0 Å². The molecule has 1 saturated carbocycles. The monoisotopic (exact) mass is 170 g/mol. The third-order valence-corrected chi connectivity index (χ3v) is 2.69. The standard InChI is InChI=1S/C10H20.C2H6/c1-2-3-4-5-7-10-8-6-9-10;1-2/h10H,2-9H2,1H3;1-2H3. The summed E-state index contributed by atoms with van der Waals surface area (Å²) in [5, 5.41) is 0. The highest BCUT2D eigenvalue weighted by molar-refractivity contribution is 4.68. The lowest BCUT2D eigenvalue weighted by Gasteiger charge is -2.24. The van der Waals surface area contributed by atoms with Gasteiger partial charge in [-0.1, -0.05) is 72.1 Å². The van der Waals surface area contributed by atoms with E-state index in [4.69, 9.17) is 0 Å². The van der Waals surface area contributed by atoms with Crippen LogP contribution in [0, 0.1) is 5.92 Å². The first kappa shape index (κ1) is 12.0. The van der Waals surface area contributed by atoms with Crippen molar-refractivity contribution < 1.29 is 0 Å². The largest absolute Gasteiger partial charge is 0.0683 e. The highest BCUT2D eigenvalue weighted by atomic mass is 14.2. The van der Waals surface area contributed by atoms with E-state index >= 15 is 0 Å². The Balaban J connectivity index is 0.000000561. The fourth-order valence-corrected chi connectivity index (χ4v) is 1.64. The Morgan fingerprint density at radius 1 is 1.00 bits per heavy atom. The maximum absolute atomic E-state index is 2.28. The summed E-state index contributed by atoms with van der Waals surface area (Å²) in [6.07, 6.45) is 11.9. The van der Waals surface area contributed by atoms with Gasteiger partial charge in [0.2, 0.25) is 0 Å². The zero-order chi connectivity index (χ0) is 9.23. The van der Waals surface area contributed by atoms with Gasteiger partial charge in [0.1, 0.15) is 0 Å². The van der Waals surface area contributed by atoms with E-state index in [9.17, 15) is 0 Å². The molecule has 0 amide bonds. The zero-order valence-electron chi connectivity index (χ0n) is 9.23. The zero-order valence-corrected chi connectivity index (χ0v) is 9.23. The van der Waals surface area contributed by atoms with Gasteiger partial charge in [0.15, 0.2) is 0 Å². The molecule has 0 radical (unpaired) electrons. The first-order valence-electron chi connectivity index (χ1n) is 5.93. The molecule has 12 heavy (non-hydrogen) atoms. The first-order valence-corrected chi connectivity index (χ1v) is 5.93. The van der Waals surface area contributed by atoms with Crippen LogP contribution in [0.5, 0.6) is 0 Å². The molecular formula is C12H26. The van der Waals surface area contributed by atoms with Crippen LogP contribution in [0.25, 0.3) is 0 Å². The summed E-state index contributed by atoms with van der Waals surface area (Å²) in [5.41, 5.74) is 0. The van der Waals surface area contributed by atoms with Gasteiger partial charge in [-0.25, -0.2) is 0 Å². The normalized spacial score (nSPS) is 16.2. The van der Waals surface area contributed by atoms with Crippen molar-refractivity contribution in [2.45, 2.75) is 72.1 Å². The summed E-state index contributed by atoms with van der Waals surface area (Å²) in [6.45, 7) is 6.28. The summed E-state index contributed by atoms with van der Waals surface area (Å²) in [7, 11) is 0. The molecule has 1 fully saturated rings. The molecule has 0 aromatic carbocycles. The number of rotatable bonds is 5. The molecule has 0 saturated heterocycles. The Morgan fingerprint density at radius 2 is 1.67 bits per heavy atom. The second-order valence-electron chi connectivity index (χ2n) is 3.65. The van der Waals surface area contributed by atoms with E-state index in [-0.39, 0.29) is 0 Å². The van der Waals surface area contributed by atoms with Crippen LogP contribution in [-0.2, 0) is 0 Å². The maximum atomic E-state index is 2.28. The molecule has 74 valence electrons. The van der Waals surface area contributed by atoms with E-state index < -0.39 is 0 Å². The third kappa shape index (κ3) is 5.62. The van der Waals surface area contributed by atoms with Crippen LogP contribution in [0.3, 0.4) is 0 Å². The second kappa shape index (κ2) is 9.09. The van der Waals surface area contributed by atoms with Gasteiger partial charge >= 0.3 is 0 Å². The molecule has 0 heterocycles. The van der Waals surface area contributed by atoms with Crippen LogP contribution < -0.4 is 0 Å². The summed E-state index contributed by atoms with van der Waals surface area (Å²) in [6, 6.07) is 0. The fraction of sp³-hybridized carbons (Fsp3) is 1.00. The molecule has 0 spiro atoms. The van der Waals surface area contributed by atoms with Crippen molar-refractivity contribution >= 4 is 0 Å². The predicted octanol–water partition coefficient (Wildman–Crippen LogP) is 4.78. The molecule has 0 unspecified atom stereocenters. The topological polar surface area (TPSA) is 0 Å². The first-order chi connectivity index (χ1) is 5.93. The number of hydrogen-bond acceptors (Lipinski definition) is 0. The van der Waals surface area contributed by atoms with E-state index in [1.807, 2.05) is 13.8 Å². The number of unbranched alkanes of at least 4 members (excludes halogenated alkanes) is 3. The molecule has 0 nitrogen and oxygen atoms in total. The summed E-state index contributed by atoms with van der Waals surface area (Å²) < 4.78 is 0. The average molecular weight is 170 g/mol. The fourth-order valence-electron chi connectivity index (χ4n) is 1.64. The predicted molar refractivity (Wildman–Crippen MR) is 57.4 cm³/mol. The summed E-state index contributed by atoms with van der Waals surface area (Å²) in [4.78, 5) is 0. The lowest BCUT2D eigenvalue weighted by Crippen LogP contribution is -2.10. The van der Waals surface area contributed by atoms with E-state index in [0.29, 0.717) is 0 Å². The van der Waals surface area contributed by atoms with E-state index in [2.05, 4.69) is 6.92 Å². The van der Waals surface area contributed by atoms with Crippen LogP contribution in [-0.4, -0.2) is 0 Å². The summed E-state index contributed by atoms with van der Waals surface area (Å²) >= 11 is 0. The van der Waals surface area contributed by atoms with Crippen LogP contribution in [0.1, 0.15) is 72.1 Å². The molecule has 1 aliphatic carbocycles. The molecule has 0 aromatic heterocycles. The Labute approximate surface area is 78.8 Å². The summed E-state index contributed by atoms with van der Waals surface area (Å²) in [5.74, 6) is 1.14. The average Bonchev–Trinajstić information content (AvgIpc) is 2.05. The van der Waals surface area contributed by atoms with E-state index in [1.54, 1.807) is 0 Å². The van der Waals surface area contributed by atoms with Crippen molar-refractivity contribution in [3.8, 4) is 0 Å². The van der Waals surface area contributed by atoms with E-state index in [0.717, 1.165) is 5.92 Å². The SMILES string of the molecule is CC.CCCCCCC1CCC1. The maximum Gasteiger partial charge on any atom is -0.0414 e. The van der Waals surface area contributed by atoms with Gasteiger partial charge in [-0.15, -0.1) is 0 Å². The van der Waals surface area contributed by atoms with Crippen molar-refractivity contribution in [2.24, 2.45) is 5.92 Å². The van der Waals surface area contributed by atoms with Crippen LogP contribution in [0.15, 0.2) is 0 Å². The van der Waals surface area contributed by atoms with Crippen molar-refractivity contribution in [3.63, 3.8) is 0 Å². The molecule has 0 atom stereocenters. The van der Waals surface area contributed by atoms with Gasteiger partial charge < -0.3 is 0 Å². The van der Waals surface area contributed by atoms with Crippen molar-refractivity contribution in [1.29, 1.82) is 0 Å². The minimum absolute atomic E-state index is 1.14. The lowest BCUT2D eigenvalue weighted by molar-refractivity contribution is 0.286. The van der Waals surface area contributed by atoms with Gasteiger partial charge in [-0.3, -0.25) is 0 Å². The molecule has 1 aliphatic rings. The Bertz CT molecular complexity index is 72.1. The quantitative estimate of drug-likeness (QED) is 0.521. The van der Waals surface area contributed by atoms with Gasteiger partial charge in [0.25, 0.3) is 0 Å². The van der Waals surface area contributed by atoms with E-state index in [1.165, 1.54) is 51.4 Å². The van der Waals surface area contributed by atoms with Crippen LogP contribution in [0.2, 0.25) is 0 Å². The Hall–Kier alpha value is 0. The van der Waals surface area contributed by atoms with Gasteiger partial charge in [0, 0.05) is 0 Å². The molecule has 0 bridgehead atoms. The highest BCUT2D eigenvalue weighted by Crippen LogP contribution is 2.30. The van der Waals surface area contributed by atoms with Gasteiger partial charge in [-0.05, 0) is 5.92 Å². The third-order valence-electron chi connectivity index (χ3n) is 2.69. The minimum atomic E-state index is 1.14.